The topological polar surface area (TPSA) is 38.0 Å². The molecular weight excluding hydrogens is 288 g/mol. The average Bonchev–Trinajstić information content (AvgIpc) is 2.37. The summed E-state index contributed by atoms with van der Waals surface area (Å²) in [6.07, 6.45) is 7.76. The summed E-state index contributed by atoms with van der Waals surface area (Å²) >= 11 is 3.48. The molecular formula is C15H25BrN2. The number of nitrogens with one attached hydrogen (secondary N) is 1. The summed E-state index contributed by atoms with van der Waals surface area (Å²) in [6, 6.07) is 8.65. The van der Waals surface area contributed by atoms with E-state index in [9.17, 15) is 0 Å². The minimum Gasteiger partial charge on any atom is -0.381 e. The molecule has 18 heavy (non-hydrogen) atoms. The van der Waals surface area contributed by atoms with Crippen molar-refractivity contribution in [3.05, 3.63) is 28.7 Å². The molecule has 0 aliphatic carbocycles. The molecule has 3 N–H and O–H groups in total. The van der Waals surface area contributed by atoms with Gasteiger partial charge in [0.1, 0.15) is 0 Å². The number of halogens is 1. The third-order valence-corrected chi connectivity index (χ3v) is 3.63. The molecule has 0 saturated heterocycles. The summed E-state index contributed by atoms with van der Waals surface area (Å²) in [6.45, 7) is 2.94. The van der Waals surface area contributed by atoms with Crippen LogP contribution in [0.2, 0.25) is 0 Å². The molecule has 0 amide bonds. The Bertz CT molecular complexity index is 328. The summed E-state index contributed by atoms with van der Waals surface area (Å²) in [7, 11) is 0. The van der Waals surface area contributed by atoms with Crippen molar-refractivity contribution in [2.75, 3.05) is 11.9 Å². The van der Waals surface area contributed by atoms with Crippen LogP contribution < -0.4 is 11.1 Å². The fourth-order valence-corrected chi connectivity index (χ4v) is 2.46. The summed E-state index contributed by atoms with van der Waals surface area (Å²) in [4.78, 5) is 0. The van der Waals surface area contributed by atoms with E-state index in [4.69, 9.17) is 5.73 Å². The van der Waals surface area contributed by atoms with E-state index in [0.29, 0.717) is 12.6 Å². The van der Waals surface area contributed by atoms with Gasteiger partial charge in [-0.1, -0.05) is 61.0 Å². The van der Waals surface area contributed by atoms with E-state index in [1.807, 2.05) is 12.1 Å². The Morgan fingerprint density at radius 3 is 2.67 bits per heavy atom. The van der Waals surface area contributed by atoms with Gasteiger partial charge in [-0.3, -0.25) is 0 Å². The predicted octanol–water partition coefficient (Wildman–Crippen LogP) is 4.55. The highest BCUT2D eigenvalue weighted by atomic mass is 79.9. The molecule has 1 rings (SSSR count). The average molecular weight is 313 g/mol. The van der Waals surface area contributed by atoms with Crippen LogP contribution >= 0.6 is 15.9 Å². The first-order chi connectivity index (χ1) is 8.76. The van der Waals surface area contributed by atoms with Crippen molar-refractivity contribution < 1.29 is 0 Å². The van der Waals surface area contributed by atoms with Gasteiger partial charge < -0.3 is 11.1 Å². The van der Waals surface area contributed by atoms with Crippen LogP contribution in [-0.4, -0.2) is 12.6 Å². The first kappa shape index (κ1) is 15.5. The van der Waals surface area contributed by atoms with Gasteiger partial charge >= 0.3 is 0 Å². The predicted molar refractivity (Wildman–Crippen MR) is 84.0 cm³/mol. The lowest BCUT2D eigenvalue weighted by molar-refractivity contribution is 0.563. The Hall–Kier alpha value is -0.540. The van der Waals surface area contributed by atoms with E-state index in [0.717, 1.165) is 16.6 Å². The lowest BCUT2D eigenvalue weighted by Crippen LogP contribution is -2.28. The zero-order valence-electron chi connectivity index (χ0n) is 11.3. The molecule has 1 unspecified atom stereocenters. The SMILES string of the molecule is CCCCCCCC(CN)Nc1cccc(Br)c1. The van der Waals surface area contributed by atoms with Gasteiger partial charge in [-0.15, -0.1) is 0 Å². The molecule has 2 nitrogen and oxygen atoms in total. The van der Waals surface area contributed by atoms with E-state index >= 15 is 0 Å². The molecule has 0 spiro atoms. The largest absolute Gasteiger partial charge is 0.381 e. The fourth-order valence-electron chi connectivity index (χ4n) is 2.06. The second kappa shape index (κ2) is 9.40. The molecule has 0 aliphatic rings. The highest BCUT2D eigenvalue weighted by Gasteiger charge is 2.06. The Balaban J connectivity index is 2.28. The zero-order chi connectivity index (χ0) is 13.2. The number of anilines is 1. The van der Waals surface area contributed by atoms with Crippen LogP contribution in [0.25, 0.3) is 0 Å². The number of hydrogen-bond acceptors (Lipinski definition) is 2. The lowest BCUT2D eigenvalue weighted by Gasteiger charge is -2.18. The third-order valence-electron chi connectivity index (χ3n) is 3.14. The normalized spacial score (nSPS) is 12.4. The van der Waals surface area contributed by atoms with Gasteiger partial charge in [-0.2, -0.15) is 0 Å². The summed E-state index contributed by atoms with van der Waals surface area (Å²) in [5, 5.41) is 3.51. The maximum Gasteiger partial charge on any atom is 0.0383 e. The molecule has 0 bridgehead atoms. The molecule has 0 fully saturated rings. The highest BCUT2D eigenvalue weighted by molar-refractivity contribution is 9.10. The van der Waals surface area contributed by atoms with Gasteiger partial charge in [0.25, 0.3) is 0 Å². The Labute approximate surface area is 119 Å². The zero-order valence-corrected chi connectivity index (χ0v) is 12.9. The molecule has 3 heteroatoms. The van der Waals surface area contributed by atoms with Crippen molar-refractivity contribution in [1.29, 1.82) is 0 Å². The molecule has 0 saturated carbocycles. The van der Waals surface area contributed by atoms with E-state index in [1.54, 1.807) is 0 Å². The number of benzene rings is 1. The second-order valence-corrected chi connectivity index (χ2v) is 5.71. The van der Waals surface area contributed by atoms with Crippen LogP contribution in [0, 0.1) is 0 Å². The van der Waals surface area contributed by atoms with Crippen molar-refractivity contribution >= 4 is 21.6 Å². The standard InChI is InChI=1S/C15H25BrN2/c1-2-3-4-5-6-9-15(12-17)18-14-10-7-8-13(16)11-14/h7-8,10-11,15,18H,2-6,9,12,17H2,1H3. The molecule has 1 atom stereocenters. The molecule has 1 aromatic rings. The van der Waals surface area contributed by atoms with Gasteiger partial charge in [-0.25, -0.2) is 0 Å². The number of hydrogen-bond donors (Lipinski definition) is 2. The van der Waals surface area contributed by atoms with Gasteiger partial charge in [-0.05, 0) is 24.6 Å². The van der Waals surface area contributed by atoms with Gasteiger partial charge in [0.15, 0.2) is 0 Å². The Kier molecular flexibility index (Phi) is 8.10. The second-order valence-electron chi connectivity index (χ2n) is 4.79. The summed E-state index contributed by atoms with van der Waals surface area (Å²) in [5.41, 5.74) is 6.97. The smallest absolute Gasteiger partial charge is 0.0383 e. The van der Waals surface area contributed by atoms with Gasteiger partial charge in [0.05, 0.1) is 0 Å². The summed E-state index contributed by atoms with van der Waals surface area (Å²) < 4.78 is 1.10. The molecule has 0 aromatic heterocycles. The van der Waals surface area contributed by atoms with Crippen LogP contribution in [0.4, 0.5) is 5.69 Å². The first-order valence-electron chi connectivity index (χ1n) is 6.98. The van der Waals surface area contributed by atoms with Crippen LogP contribution in [0.15, 0.2) is 28.7 Å². The monoisotopic (exact) mass is 312 g/mol. The Morgan fingerprint density at radius 2 is 2.00 bits per heavy atom. The number of rotatable bonds is 9. The molecule has 0 aliphatic heterocycles. The number of nitrogens with two attached hydrogens (primary N) is 1. The van der Waals surface area contributed by atoms with E-state index in [-0.39, 0.29) is 0 Å². The minimum atomic E-state index is 0.390. The van der Waals surface area contributed by atoms with Gasteiger partial charge in [0.2, 0.25) is 0 Å². The summed E-state index contributed by atoms with van der Waals surface area (Å²) in [5.74, 6) is 0. The highest BCUT2D eigenvalue weighted by Crippen LogP contribution is 2.17. The Morgan fingerprint density at radius 1 is 1.22 bits per heavy atom. The van der Waals surface area contributed by atoms with Crippen molar-refractivity contribution in [2.45, 2.75) is 51.5 Å². The molecule has 0 heterocycles. The molecule has 0 radical (unpaired) electrons. The van der Waals surface area contributed by atoms with E-state index < -0.39 is 0 Å². The van der Waals surface area contributed by atoms with Crippen molar-refractivity contribution in [3.63, 3.8) is 0 Å². The van der Waals surface area contributed by atoms with E-state index in [2.05, 4.69) is 40.3 Å². The van der Waals surface area contributed by atoms with Gasteiger partial charge in [0, 0.05) is 22.7 Å². The fraction of sp³-hybridized carbons (Fsp3) is 0.600. The molecule has 1 aromatic carbocycles. The van der Waals surface area contributed by atoms with Crippen molar-refractivity contribution in [2.24, 2.45) is 5.73 Å². The maximum absolute atomic E-state index is 5.83. The van der Waals surface area contributed by atoms with E-state index in [1.165, 1.54) is 32.1 Å². The third kappa shape index (κ3) is 6.41. The minimum absolute atomic E-state index is 0.390. The molecule has 102 valence electrons. The van der Waals surface area contributed by atoms with Crippen LogP contribution in [-0.2, 0) is 0 Å². The maximum atomic E-state index is 5.83. The van der Waals surface area contributed by atoms with Crippen LogP contribution in [0.1, 0.15) is 45.4 Å². The number of unbranched alkanes of at least 4 members (excludes halogenated alkanes) is 4. The van der Waals surface area contributed by atoms with Crippen LogP contribution in [0.5, 0.6) is 0 Å². The van der Waals surface area contributed by atoms with Crippen molar-refractivity contribution in [3.8, 4) is 0 Å². The van der Waals surface area contributed by atoms with Crippen molar-refractivity contribution in [1.82, 2.24) is 0 Å². The quantitative estimate of drug-likeness (QED) is 0.656. The first-order valence-corrected chi connectivity index (χ1v) is 7.77. The lowest BCUT2D eigenvalue weighted by atomic mass is 10.1. The van der Waals surface area contributed by atoms with Crippen LogP contribution in [0.3, 0.4) is 0 Å².